The number of nitrogens with zero attached hydrogens (tertiary/aromatic N) is 1. The number of hydrogen-bond acceptors (Lipinski definition) is 4. The molecule has 1 aromatic rings. The molecule has 2 rings (SSSR count). The van der Waals surface area contributed by atoms with Gasteiger partial charge in [-0.2, -0.15) is 0 Å². The molecule has 1 fully saturated rings. The third-order valence-corrected chi connectivity index (χ3v) is 3.49. The lowest BCUT2D eigenvalue weighted by atomic mass is 10.1. The summed E-state index contributed by atoms with van der Waals surface area (Å²) >= 11 is 0. The summed E-state index contributed by atoms with van der Waals surface area (Å²) < 4.78 is 5.36. The molecule has 0 spiro atoms. The van der Waals surface area contributed by atoms with E-state index < -0.39 is 6.10 Å². The number of likely N-dealkylation sites (N-methyl/N-ethyl adjacent to an activating group) is 1. The van der Waals surface area contributed by atoms with E-state index in [9.17, 15) is 14.4 Å². The fourth-order valence-corrected chi connectivity index (χ4v) is 2.27. The van der Waals surface area contributed by atoms with Crippen LogP contribution in [-0.4, -0.2) is 62.5 Å². The summed E-state index contributed by atoms with van der Waals surface area (Å²) in [5, 5.41) is 5.03. The highest BCUT2D eigenvalue weighted by Gasteiger charge is 2.29. The van der Waals surface area contributed by atoms with Crippen LogP contribution in [0.2, 0.25) is 0 Å². The van der Waals surface area contributed by atoms with E-state index in [1.54, 1.807) is 29.2 Å². The molecule has 1 aliphatic rings. The number of ether oxygens (including phenoxy) is 1. The van der Waals surface area contributed by atoms with Gasteiger partial charge in [0.15, 0.2) is 6.10 Å². The molecular weight excluding hydrogens is 286 g/mol. The first-order chi connectivity index (χ1) is 10.6. The van der Waals surface area contributed by atoms with Gasteiger partial charge in [0.2, 0.25) is 0 Å². The van der Waals surface area contributed by atoms with Crippen LogP contribution in [0.4, 0.5) is 0 Å². The minimum atomic E-state index is -0.662. The zero-order valence-electron chi connectivity index (χ0n) is 12.6. The molecule has 0 bridgehead atoms. The molecule has 0 aliphatic carbocycles. The van der Waals surface area contributed by atoms with E-state index in [4.69, 9.17) is 4.74 Å². The second kappa shape index (κ2) is 7.04. The van der Waals surface area contributed by atoms with Gasteiger partial charge in [0.05, 0.1) is 13.2 Å². The van der Waals surface area contributed by atoms with Crippen molar-refractivity contribution in [1.82, 2.24) is 15.5 Å². The fourth-order valence-electron chi connectivity index (χ4n) is 2.27. The van der Waals surface area contributed by atoms with Gasteiger partial charge in [0.1, 0.15) is 0 Å². The number of hydrogen-bond donors (Lipinski definition) is 2. The first-order valence-corrected chi connectivity index (χ1v) is 7.01. The van der Waals surface area contributed by atoms with Gasteiger partial charge in [-0.15, -0.1) is 0 Å². The summed E-state index contributed by atoms with van der Waals surface area (Å²) in [6, 6.07) is 6.50. The van der Waals surface area contributed by atoms with Crippen LogP contribution in [0, 0.1) is 0 Å². The highest BCUT2D eigenvalue weighted by molar-refractivity contribution is 5.99. The van der Waals surface area contributed by atoms with Crippen molar-refractivity contribution < 1.29 is 19.1 Å². The molecule has 1 unspecified atom stereocenters. The summed E-state index contributed by atoms with van der Waals surface area (Å²) in [7, 11) is 3.06. The van der Waals surface area contributed by atoms with Gasteiger partial charge in [0.25, 0.3) is 17.7 Å². The van der Waals surface area contributed by atoms with Gasteiger partial charge in [-0.25, -0.2) is 0 Å². The van der Waals surface area contributed by atoms with Crippen LogP contribution in [0.25, 0.3) is 0 Å². The van der Waals surface area contributed by atoms with Crippen LogP contribution in [0.15, 0.2) is 24.3 Å². The van der Waals surface area contributed by atoms with E-state index in [2.05, 4.69) is 10.6 Å². The van der Waals surface area contributed by atoms with Crippen LogP contribution in [0.1, 0.15) is 20.7 Å². The number of amides is 3. The largest absolute Gasteiger partial charge is 0.365 e. The maximum Gasteiger partial charge on any atom is 0.254 e. The Morgan fingerprint density at radius 2 is 1.91 bits per heavy atom. The van der Waals surface area contributed by atoms with Gasteiger partial charge in [-0.05, 0) is 18.2 Å². The summed E-state index contributed by atoms with van der Waals surface area (Å²) in [6.45, 7) is 0.915. The molecule has 3 amide bonds. The molecule has 2 N–H and O–H groups in total. The Hall–Kier alpha value is -2.41. The van der Waals surface area contributed by atoms with Crippen molar-refractivity contribution in [3.05, 3.63) is 35.4 Å². The number of nitrogens with one attached hydrogen (secondary N) is 2. The second-order valence-corrected chi connectivity index (χ2v) is 4.88. The van der Waals surface area contributed by atoms with Crippen molar-refractivity contribution in [1.29, 1.82) is 0 Å². The summed E-state index contributed by atoms with van der Waals surface area (Å²) in [5.41, 5.74) is 0.836. The molecule has 0 aromatic heterocycles. The third-order valence-electron chi connectivity index (χ3n) is 3.49. The van der Waals surface area contributed by atoms with E-state index in [0.29, 0.717) is 24.3 Å². The second-order valence-electron chi connectivity index (χ2n) is 4.88. The fraction of sp³-hybridized carbons (Fsp3) is 0.400. The molecule has 1 saturated heterocycles. The lowest BCUT2D eigenvalue weighted by Gasteiger charge is -2.32. The number of rotatable bonds is 3. The normalized spacial score (nSPS) is 17.7. The first-order valence-electron chi connectivity index (χ1n) is 7.01. The van der Waals surface area contributed by atoms with Crippen molar-refractivity contribution >= 4 is 17.7 Å². The molecule has 7 nitrogen and oxygen atoms in total. The van der Waals surface area contributed by atoms with Gasteiger partial charge in [-0.3, -0.25) is 14.4 Å². The van der Waals surface area contributed by atoms with Gasteiger partial charge < -0.3 is 20.3 Å². The first kappa shape index (κ1) is 16.0. The van der Waals surface area contributed by atoms with Crippen molar-refractivity contribution in [2.75, 3.05) is 33.8 Å². The summed E-state index contributed by atoms with van der Waals surface area (Å²) in [6.07, 6.45) is -0.662. The average molecular weight is 305 g/mol. The van der Waals surface area contributed by atoms with Crippen LogP contribution in [0.5, 0.6) is 0 Å². The number of carbonyl (C=O) groups excluding carboxylic acids is 3. The summed E-state index contributed by atoms with van der Waals surface area (Å²) in [4.78, 5) is 37.4. The van der Waals surface area contributed by atoms with E-state index >= 15 is 0 Å². The van der Waals surface area contributed by atoms with E-state index in [1.807, 2.05) is 0 Å². The average Bonchev–Trinajstić information content (AvgIpc) is 2.59. The SMILES string of the molecule is CNC(=O)c1cccc(C(=O)N2CCOC(C(=O)NC)C2)c1. The Labute approximate surface area is 128 Å². The van der Waals surface area contributed by atoms with Gasteiger partial charge >= 0.3 is 0 Å². The van der Waals surface area contributed by atoms with E-state index in [-0.39, 0.29) is 24.3 Å². The summed E-state index contributed by atoms with van der Waals surface area (Å²) in [5.74, 6) is -0.723. The van der Waals surface area contributed by atoms with Crippen molar-refractivity contribution in [2.45, 2.75) is 6.10 Å². The Morgan fingerprint density at radius 1 is 1.18 bits per heavy atom. The van der Waals surface area contributed by atoms with E-state index in [0.717, 1.165) is 0 Å². The van der Waals surface area contributed by atoms with Crippen molar-refractivity contribution in [2.24, 2.45) is 0 Å². The highest BCUT2D eigenvalue weighted by Crippen LogP contribution is 2.12. The van der Waals surface area contributed by atoms with Crippen LogP contribution in [0.3, 0.4) is 0 Å². The molecule has 7 heteroatoms. The smallest absolute Gasteiger partial charge is 0.254 e. The molecule has 0 saturated carbocycles. The Morgan fingerprint density at radius 3 is 2.59 bits per heavy atom. The van der Waals surface area contributed by atoms with Crippen LogP contribution in [-0.2, 0) is 9.53 Å². The Balaban J connectivity index is 2.14. The van der Waals surface area contributed by atoms with Crippen molar-refractivity contribution in [3.8, 4) is 0 Å². The number of benzene rings is 1. The van der Waals surface area contributed by atoms with Gasteiger partial charge in [-0.1, -0.05) is 6.07 Å². The Kier molecular flexibility index (Phi) is 5.11. The maximum atomic E-state index is 12.5. The standard InChI is InChI=1S/C15H19N3O4/c1-16-13(19)10-4-3-5-11(8-10)15(21)18-6-7-22-12(9-18)14(20)17-2/h3-5,8,12H,6-7,9H2,1-2H3,(H,16,19)(H,17,20). The topological polar surface area (TPSA) is 87.7 Å². The molecular formula is C15H19N3O4. The molecule has 22 heavy (non-hydrogen) atoms. The molecule has 1 aromatic carbocycles. The molecule has 0 radical (unpaired) electrons. The number of carbonyl (C=O) groups is 3. The third kappa shape index (κ3) is 3.43. The maximum absolute atomic E-state index is 12.5. The molecule has 1 atom stereocenters. The van der Waals surface area contributed by atoms with Crippen LogP contribution >= 0.6 is 0 Å². The van der Waals surface area contributed by atoms with Crippen molar-refractivity contribution in [3.63, 3.8) is 0 Å². The lowest BCUT2D eigenvalue weighted by molar-refractivity contribution is -0.136. The zero-order valence-corrected chi connectivity index (χ0v) is 12.6. The predicted molar refractivity (Wildman–Crippen MR) is 79.5 cm³/mol. The van der Waals surface area contributed by atoms with E-state index in [1.165, 1.54) is 14.1 Å². The predicted octanol–water partition coefficient (Wildman–Crippen LogP) is -0.367. The molecule has 1 heterocycles. The lowest BCUT2D eigenvalue weighted by Crippen LogP contribution is -2.51. The number of morpholine rings is 1. The highest BCUT2D eigenvalue weighted by atomic mass is 16.5. The zero-order chi connectivity index (χ0) is 16.1. The molecule has 118 valence electrons. The molecule has 1 aliphatic heterocycles. The minimum Gasteiger partial charge on any atom is -0.365 e. The quantitative estimate of drug-likeness (QED) is 0.798. The van der Waals surface area contributed by atoms with Crippen LogP contribution < -0.4 is 10.6 Å². The minimum absolute atomic E-state index is 0.197. The monoisotopic (exact) mass is 305 g/mol. The van der Waals surface area contributed by atoms with Gasteiger partial charge in [0, 0.05) is 31.8 Å². The Bertz CT molecular complexity index is 588.